The van der Waals surface area contributed by atoms with E-state index < -0.39 is 0 Å². The van der Waals surface area contributed by atoms with E-state index in [2.05, 4.69) is 24.1 Å². The monoisotopic (exact) mass is 264 g/mol. The second-order valence-electron chi connectivity index (χ2n) is 7.92. The van der Waals surface area contributed by atoms with Gasteiger partial charge in [-0.3, -0.25) is 4.90 Å². The summed E-state index contributed by atoms with van der Waals surface area (Å²) in [5, 5.41) is 3.83. The summed E-state index contributed by atoms with van der Waals surface area (Å²) >= 11 is 0. The first kappa shape index (κ1) is 13.9. The molecule has 0 aromatic rings. The Bertz CT molecular complexity index is 286. The highest BCUT2D eigenvalue weighted by Gasteiger charge is 2.40. The molecule has 0 heterocycles. The molecular weight excluding hydrogens is 232 g/mol. The molecule has 0 bridgehead atoms. The average molecular weight is 264 g/mol. The molecule has 19 heavy (non-hydrogen) atoms. The van der Waals surface area contributed by atoms with Gasteiger partial charge in [-0.2, -0.15) is 0 Å². The van der Waals surface area contributed by atoms with Crippen molar-refractivity contribution in [1.82, 2.24) is 10.2 Å². The van der Waals surface area contributed by atoms with Crippen LogP contribution >= 0.6 is 0 Å². The van der Waals surface area contributed by atoms with Crippen molar-refractivity contribution in [2.75, 3.05) is 19.6 Å². The number of nitrogens with one attached hydrogen (secondary N) is 1. The van der Waals surface area contributed by atoms with E-state index in [1.54, 1.807) is 0 Å². The Balaban J connectivity index is 1.57. The third-order valence-electron chi connectivity index (χ3n) is 5.21. The fraction of sp³-hybridized carbons (Fsp3) is 1.00. The smallest absolute Gasteiger partial charge is 0.00967 e. The van der Waals surface area contributed by atoms with E-state index in [4.69, 9.17) is 0 Å². The van der Waals surface area contributed by atoms with E-state index in [1.807, 2.05) is 0 Å². The third-order valence-corrected chi connectivity index (χ3v) is 5.21. The first-order valence-corrected chi connectivity index (χ1v) is 8.64. The zero-order chi connectivity index (χ0) is 13.3. The number of hydrogen-bond acceptors (Lipinski definition) is 2. The molecule has 0 unspecified atom stereocenters. The predicted molar refractivity (Wildman–Crippen MR) is 81.4 cm³/mol. The zero-order valence-electron chi connectivity index (χ0n) is 13.0. The van der Waals surface area contributed by atoms with E-state index in [-0.39, 0.29) is 0 Å². The molecular formula is C17H32N2. The van der Waals surface area contributed by atoms with Crippen LogP contribution in [0.3, 0.4) is 0 Å². The van der Waals surface area contributed by atoms with Gasteiger partial charge in [0.25, 0.3) is 0 Å². The summed E-state index contributed by atoms with van der Waals surface area (Å²) in [6.07, 6.45) is 11.6. The van der Waals surface area contributed by atoms with Crippen LogP contribution in [0, 0.1) is 11.3 Å². The fourth-order valence-electron chi connectivity index (χ4n) is 3.85. The van der Waals surface area contributed by atoms with Gasteiger partial charge in [-0.25, -0.2) is 0 Å². The van der Waals surface area contributed by atoms with E-state index in [0.717, 1.165) is 18.0 Å². The summed E-state index contributed by atoms with van der Waals surface area (Å²) in [6.45, 7) is 8.72. The highest BCUT2D eigenvalue weighted by atomic mass is 15.2. The highest BCUT2D eigenvalue weighted by Crippen LogP contribution is 2.41. The molecule has 0 aromatic carbocycles. The summed E-state index contributed by atoms with van der Waals surface area (Å²) in [4.78, 5) is 2.84. The molecule has 2 heteroatoms. The summed E-state index contributed by atoms with van der Waals surface area (Å²) in [6, 6.07) is 1.80. The van der Waals surface area contributed by atoms with Crippen LogP contribution in [0.15, 0.2) is 0 Å². The number of nitrogens with zero attached hydrogens (tertiary/aromatic N) is 1. The van der Waals surface area contributed by atoms with Crippen LogP contribution in [-0.2, 0) is 0 Å². The van der Waals surface area contributed by atoms with Crippen molar-refractivity contribution in [1.29, 1.82) is 0 Å². The topological polar surface area (TPSA) is 15.3 Å². The molecule has 0 radical (unpaired) electrons. The minimum atomic E-state index is 0.611. The summed E-state index contributed by atoms with van der Waals surface area (Å²) in [5.41, 5.74) is 0.611. The first-order chi connectivity index (χ1) is 9.17. The quantitative estimate of drug-likeness (QED) is 0.722. The van der Waals surface area contributed by atoms with Gasteiger partial charge in [0.15, 0.2) is 0 Å². The first-order valence-electron chi connectivity index (χ1n) is 8.64. The van der Waals surface area contributed by atoms with Crippen LogP contribution in [0.25, 0.3) is 0 Å². The second kappa shape index (κ2) is 5.73. The molecule has 3 fully saturated rings. The maximum absolute atomic E-state index is 3.83. The van der Waals surface area contributed by atoms with Crippen molar-refractivity contribution in [3.8, 4) is 0 Å². The predicted octanol–water partition coefficient (Wildman–Crippen LogP) is 3.42. The molecule has 0 aliphatic heterocycles. The lowest BCUT2D eigenvalue weighted by atomic mass is 9.85. The van der Waals surface area contributed by atoms with Gasteiger partial charge in [-0.05, 0) is 49.9 Å². The van der Waals surface area contributed by atoms with Crippen LogP contribution < -0.4 is 5.32 Å². The largest absolute Gasteiger partial charge is 0.313 e. The SMILES string of the molecule is CC(C)CN(CC1(CNC2CC2)CCCC1)C1CC1. The van der Waals surface area contributed by atoms with Crippen LogP contribution in [0.2, 0.25) is 0 Å². The Morgan fingerprint density at radius 3 is 2.32 bits per heavy atom. The van der Waals surface area contributed by atoms with Gasteiger partial charge in [-0.15, -0.1) is 0 Å². The van der Waals surface area contributed by atoms with Gasteiger partial charge < -0.3 is 5.32 Å². The molecule has 3 rings (SSSR count). The normalized spacial score (nSPS) is 26.5. The van der Waals surface area contributed by atoms with Gasteiger partial charge in [-0.1, -0.05) is 26.7 Å². The zero-order valence-corrected chi connectivity index (χ0v) is 13.0. The Hall–Kier alpha value is -0.0800. The van der Waals surface area contributed by atoms with E-state index in [1.165, 1.54) is 71.0 Å². The van der Waals surface area contributed by atoms with Gasteiger partial charge in [0.2, 0.25) is 0 Å². The molecule has 1 N–H and O–H groups in total. The van der Waals surface area contributed by atoms with Crippen molar-refractivity contribution in [3.63, 3.8) is 0 Å². The van der Waals surface area contributed by atoms with Crippen molar-refractivity contribution in [3.05, 3.63) is 0 Å². The molecule has 0 saturated heterocycles. The molecule has 0 amide bonds. The van der Waals surface area contributed by atoms with Crippen molar-refractivity contribution in [2.24, 2.45) is 11.3 Å². The molecule has 0 atom stereocenters. The molecule has 0 aromatic heterocycles. The van der Waals surface area contributed by atoms with Crippen LogP contribution in [0.1, 0.15) is 65.2 Å². The van der Waals surface area contributed by atoms with E-state index in [0.29, 0.717) is 5.41 Å². The minimum absolute atomic E-state index is 0.611. The van der Waals surface area contributed by atoms with Gasteiger partial charge in [0.1, 0.15) is 0 Å². The molecule has 2 nitrogen and oxygen atoms in total. The molecule has 3 saturated carbocycles. The fourth-order valence-corrected chi connectivity index (χ4v) is 3.85. The Morgan fingerprint density at radius 2 is 1.79 bits per heavy atom. The molecule has 0 spiro atoms. The van der Waals surface area contributed by atoms with Gasteiger partial charge in [0.05, 0.1) is 0 Å². The van der Waals surface area contributed by atoms with Crippen LogP contribution in [0.4, 0.5) is 0 Å². The van der Waals surface area contributed by atoms with Crippen molar-refractivity contribution < 1.29 is 0 Å². The van der Waals surface area contributed by atoms with E-state index in [9.17, 15) is 0 Å². The lowest BCUT2D eigenvalue weighted by molar-refractivity contribution is 0.129. The number of rotatable bonds is 8. The molecule has 3 aliphatic carbocycles. The molecule has 3 aliphatic rings. The average Bonchev–Trinajstić information content (AvgIpc) is 3.26. The molecule has 110 valence electrons. The van der Waals surface area contributed by atoms with Crippen molar-refractivity contribution >= 4 is 0 Å². The Morgan fingerprint density at radius 1 is 1.11 bits per heavy atom. The lowest BCUT2D eigenvalue weighted by Crippen LogP contribution is -2.45. The summed E-state index contributed by atoms with van der Waals surface area (Å²) in [5.74, 6) is 0.815. The van der Waals surface area contributed by atoms with Crippen molar-refractivity contribution in [2.45, 2.75) is 77.3 Å². The maximum Gasteiger partial charge on any atom is 0.00967 e. The van der Waals surface area contributed by atoms with E-state index >= 15 is 0 Å². The van der Waals surface area contributed by atoms with Crippen LogP contribution in [-0.4, -0.2) is 36.6 Å². The van der Waals surface area contributed by atoms with Crippen LogP contribution in [0.5, 0.6) is 0 Å². The van der Waals surface area contributed by atoms with Gasteiger partial charge >= 0.3 is 0 Å². The lowest BCUT2D eigenvalue weighted by Gasteiger charge is -2.37. The summed E-state index contributed by atoms with van der Waals surface area (Å²) < 4.78 is 0. The second-order valence-corrected chi connectivity index (χ2v) is 7.92. The maximum atomic E-state index is 3.83. The highest BCUT2D eigenvalue weighted by molar-refractivity contribution is 4.95. The Kier molecular flexibility index (Phi) is 4.19. The summed E-state index contributed by atoms with van der Waals surface area (Å²) in [7, 11) is 0. The van der Waals surface area contributed by atoms with Gasteiger partial charge in [0, 0.05) is 31.7 Å². The minimum Gasteiger partial charge on any atom is -0.313 e. The third kappa shape index (κ3) is 3.95. The standard InChI is InChI=1S/C17H32N2/c1-14(2)11-19(16-7-8-16)13-17(9-3-4-10-17)12-18-15-5-6-15/h14-16,18H,3-13H2,1-2H3. The number of hydrogen-bond donors (Lipinski definition) is 1. The Labute approximate surface area is 119 Å².